The smallest absolute Gasteiger partial charge is 0.410 e. The second-order valence-electron chi connectivity index (χ2n) is 15.4. The van der Waals surface area contributed by atoms with Gasteiger partial charge in [-0.1, -0.05) is 135 Å². The minimum absolute atomic E-state index is 0.0174. The van der Waals surface area contributed by atoms with Crippen LogP contribution in [0.1, 0.15) is 56.7 Å². The number of carbonyl (C=O) groups excluding carboxylic acids is 2. The molecule has 1 heterocycles. The van der Waals surface area contributed by atoms with Gasteiger partial charge in [0.2, 0.25) is 0 Å². The Morgan fingerprint density at radius 1 is 0.846 bits per heavy atom. The van der Waals surface area contributed by atoms with Crippen molar-refractivity contribution in [2.75, 3.05) is 13.2 Å². The lowest BCUT2D eigenvalue weighted by atomic mass is 9.87. The molecule has 0 bridgehead atoms. The molecule has 52 heavy (non-hydrogen) atoms. The van der Waals surface area contributed by atoms with Gasteiger partial charge in [0.1, 0.15) is 6.61 Å². The first kappa shape index (κ1) is 37.9. The highest BCUT2D eigenvalue weighted by Gasteiger charge is 2.43. The van der Waals surface area contributed by atoms with Crippen molar-refractivity contribution in [3.63, 3.8) is 0 Å². The van der Waals surface area contributed by atoms with Crippen molar-refractivity contribution in [2.45, 2.75) is 83.4 Å². The quantitative estimate of drug-likeness (QED) is 0.143. The molecule has 0 aromatic heterocycles. The van der Waals surface area contributed by atoms with Gasteiger partial charge in [0, 0.05) is 18.2 Å². The van der Waals surface area contributed by atoms with Gasteiger partial charge >= 0.3 is 6.09 Å². The first-order chi connectivity index (χ1) is 24.8. The molecule has 2 amide bonds. The van der Waals surface area contributed by atoms with Gasteiger partial charge in [0.05, 0.1) is 29.2 Å². The fraction of sp³-hybridized carbons (Fsp3) is 0.349. The summed E-state index contributed by atoms with van der Waals surface area (Å²) in [6, 6.07) is 33.5. The average molecular weight is 756 g/mol. The third-order valence-corrected chi connectivity index (χ3v) is 16.0. The van der Waals surface area contributed by atoms with E-state index in [1.807, 2.05) is 71.6 Å². The van der Waals surface area contributed by atoms with Crippen molar-refractivity contribution in [3.05, 3.63) is 135 Å². The highest BCUT2D eigenvalue weighted by molar-refractivity contribution is 6.74. The fourth-order valence-corrected chi connectivity index (χ4v) is 7.76. The molecule has 272 valence electrons. The number of rotatable bonds is 11. The predicted octanol–water partition coefficient (Wildman–Crippen LogP) is 11.0. The highest BCUT2D eigenvalue weighted by Crippen LogP contribution is 2.40. The van der Waals surface area contributed by atoms with Crippen LogP contribution in [0.5, 0.6) is 0 Å². The largest absolute Gasteiger partial charge is 0.445 e. The summed E-state index contributed by atoms with van der Waals surface area (Å²) in [5.74, 6) is -0.108. The standard InChI is InChI=1S/C43H48Cl2N2O4Si/c1-43(2,3)52(4,5)51-29-36-25-37(33-19-12-18-32(24-33)31-16-10-7-11-17-31)38(27-47(36)42(49)50-28-30-14-8-6-9-15-30)41(48)46(35-22-23-35)26-34-20-13-21-39(44)40(34)45/h6-21,24,35-36H,22-23,25-29H2,1-5H3. The summed E-state index contributed by atoms with van der Waals surface area (Å²) in [4.78, 5) is 32.8. The molecule has 0 N–H and O–H groups in total. The Kier molecular flexibility index (Phi) is 11.7. The number of amides is 2. The molecule has 1 atom stereocenters. The van der Waals surface area contributed by atoms with Gasteiger partial charge in [-0.2, -0.15) is 0 Å². The molecule has 0 saturated heterocycles. The molecule has 1 fully saturated rings. The lowest BCUT2D eigenvalue weighted by Gasteiger charge is -2.42. The highest BCUT2D eigenvalue weighted by atomic mass is 35.5. The molecule has 1 saturated carbocycles. The summed E-state index contributed by atoms with van der Waals surface area (Å²) in [7, 11) is -2.19. The minimum atomic E-state index is -2.19. The van der Waals surface area contributed by atoms with E-state index in [0.717, 1.165) is 46.2 Å². The molecule has 6 rings (SSSR count). The number of halogens is 2. The zero-order valence-electron chi connectivity index (χ0n) is 30.7. The first-order valence-corrected chi connectivity index (χ1v) is 21.7. The summed E-state index contributed by atoms with van der Waals surface area (Å²) in [5, 5.41) is 0.885. The Bertz CT molecular complexity index is 1920. The molecule has 1 aliphatic carbocycles. The van der Waals surface area contributed by atoms with Crippen LogP contribution >= 0.6 is 23.2 Å². The molecule has 6 nitrogen and oxygen atoms in total. The lowest BCUT2D eigenvalue weighted by molar-refractivity contribution is -0.128. The van der Waals surface area contributed by atoms with Gasteiger partial charge in [0.25, 0.3) is 5.91 Å². The third kappa shape index (κ3) is 8.83. The van der Waals surface area contributed by atoms with E-state index in [4.69, 9.17) is 32.4 Å². The number of benzene rings is 4. The summed E-state index contributed by atoms with van der Waals surface area (Å²) < 4.78 is 12.7. The average Bonchev–Trinajstić information content (AvgIpc) is 3.99. The Morgan fingerprint density at radius 2 is 1.48 bits per heavy atom. The molecule has 2 aliphatic rings. The molecular formula is C43H48Cl2N2O4Si. The van der Waals surface area contributed by atoms with Gasteiger partial charge < -0.3 is 14.1 Å². The zero-order chi connectivity index (χ0) is 37.0. The van der Waals surface area contributed by atoms with Crippen LogP contribution in [-0.2, 0) is 27.1 Å². The number of hydrogen-bond donors (Lipinski definition) is 0. The SMILES string of the molecule is CC(C)(C)[Si](C)(C)OCC1CC(c2cccc(-c3ccccc3)c2)=C(C(=O)N(Cc2cccc(Cl)c2Cl)C2CC2)CN1C(=O)OCc1ccccc1. The van der Waals surface area contributed by atoms with E-state index in [1.165, 1.54) is 0 Å². The topological polar surface area (TPSA) is 59.1 Å². The first-order valence-electron chi connectivity index (χ1n) is 18.1. The van der Waals surface area contributed by atoms with Crippen LogP contribution in [0.2, 0.25) is 28.2 Å². The molecular weight excluding hydrogens is 707 g/mol. The molecule has 1 aliphatic heterocycles. The van der Waals surface area contributed by atoms with E-state index in [9.17, 15) is 4.79 Å². The maximum atomic E-state index is 15.0. The molecule has 0 radical (unpaired) electrons. The van der Waals surface area contributed by atoms with Crippen molar-refractivity contribution in [1.29, 1.82) is 0 Å². The molecule has 1 unspecified atom stereocenters. The third-order valence-electron chi connectivity index (χ3n) is 10.7. The van der Waals surface area contributed by atoms with E-state index in [2.05, 4.69) is 64.2 Å². The zero-order valence-corrected chi connectivity index (χ0v) is 33.2. The van der Waals surface area contributed by atoms with Gasteiger partial charge in [-0.3, -0.25) is 9.69 Å². The predicted molar refractivity (Wildman–Crippen MR) is 214 cm³/mol. The van der Waals surface area contributed by atoms with E-state index < -0.39 is 14.4 Å². The number of carbonyl (C=O) groups is 2. The second-order valence-corrected chi connectivity index (χ2v) is 21.0. The summed E-state index contributed by atoms with van der Waals surface area (Å²) >= 11 is 13.1. The van der Waals surface area contributed by atoms with Crippen LogP contribution in [0, 0.1) is 0 Å². The second kappa shape index (κ2) is 16.0. The summed E-state index contributed by atoms with van der Waals surface area (Å²) in [5.41, 5.74) is 6.28. The van der Waals surface area contributed by atoms with Crippen molar-refractivity contribution in [3.8, 4) is 11.1 Å². The van der Waals surface area contributed by atoms with Crippen molar-refractivity contribution >= 4 is 49.1 Å². The van der Waals surface area contributed by atoms with Crippen LogP contribution < -0.4 is 0 Å². The normalized spacial score (nSPS) is 16.5. The van der Waals surface area contributed by atoms with Gasteiger partial charge in [-0.25, -0.2) is 4.79 Å². The Balaban J connectivity index is 1.42. The molecule has 0 spiro atoms. The van der Waals surface area contributed by atoms with E-state index >= 15 is 4.79 Å². The summed E-state index contributed by atoms with van der Waals surface area (Å²) in [6.45, 7) is 12.0. The number of nitrogens with zero attached hydrogens (tertiary/aromatic N) is 2. The van der Waals surface area contributed by atoms with Gasteiger partial charge in [-0.15, -0.1) is 0 Å². The molecule has 4 aromatic rings. The van der Waals surface area contributed by atoms with Crippen LogP contribution in [-0.4, -0.2) is 55.4 Å². The minimum Gasteiger partial charge on any atom is -0.445 e. The summed E-state index contributed by atoms with van der Waals surface area (Å²) in [6.07, 6.45) is 1.78. The van der Waals surface area contributed by atoms with Crippen LogP contribution in [0.4, 0.5) is 4.79 Å². The Hall–Kier alpha value is -3.88. The Morgan fingerprint density at radius 3 is 2.15 bits per heavy atom. The van der Waals surface area contributed by atoms with Crippen LogP contribution in [0.15, 0.2) is 109 Å². The Labute approximate surface area is 319 Å². The van der Waals surface area contributed by atoms with Gasteiger partial charge in [0.15, 0.2) is 8.32 Å². The molecule has 9 heteroatoms. The van der Waals surface area contributed by atoms with E-state index in [0.29, 0.717) is 35.2 Å². The van der Waals surface area contributed by atoms with Crippen LogP contribution in [0.3, 0.4) is 0 Å². The van der Waals surface area contributed by atoms with E-state index in [-0.39, 0.29) is 36.2 Å². The number of ether oxygens (including phenoxy) is 1. The fourth-order valence-electron chi connectivity index (χ4n) is 6.34. The van der Waals surface area contributed by atoms with Gasteiger partial charge in [-0.05, 0) is 82.9 Å². The monoisotopic (exact) mass is 754 g/mol. The van der Waals surface area contributed by atoms with Crippen molar-refractivity contribution in [2.24, 2.45) is 0 Å². The number of hydrogen-bond acceptors (Lipinski definition) is 4. The maximum Gasteiger partial charge on any atom is 0.410 e. The van der Waals surface area contributed by atoms with Crippen molar-refractivity contribution in [1.82, 2.24) is 9.80 Å². The maximum absolute atomic E-state index is 15.0. The van der Waals surface area contributed by atoms with E-state index in [1.54, 1.807) is 11.0 Å². The van der Waals surface area contributed by atoms with Crippen LogP contribution in [0.25, 0.3) is 16.7 Å². The lowest BCUT2D eigenvalue weighted by Crippen LogP contribution is -2.52. The van der Waals surface area contributed by atoms with Crippen molar-refractivity contribution < 1.29 is 18.8 Å². The molecule has 4 aromatic carbocycles.